The molecular formula is C8H16ClNO. The minimum absolute atomic E-state index is 0.220. The van der Waals surface area contributed by atoms with Gasteiger partial charge in [-0.3, -0.25) is 0 Å². The van der Waals surface area contributed by atoms with Crippen LogP contribution >= 0.6 is 11.6 Å². The first kappa shape index (κ1) is 11.0. The Morgan fingerprint density at radius 2 is 2.36 bits per heavy atom. The van der Waals surface area contributed by atoms with E-state index in [1.807, 2.05) is 6.92 Å². The molecule has 0 aromatic rings. The lowest BCUT2D eigenvalue weighted by Crippen LogP contribution is -2.20. The minimum Gasteiger partial charge on any atom is -0.393 e. The molecule has 0 aromatic carbocycles. The molecule has 0 saturated carbocycles. The van der Waals surface area contributed by atoms with Gasteiger partial charge in [0.05, 0.1) is 6.10 Å². The Morgan fingerprint density at radius 3 is 2.82 bits per heavy atom. The number of hydrogen-bond donors (Lipinski definition) is 2. The maximum atomic E-state index is 8.89. The van der Waals surface area contributed by atoms with Crippen molar-refractivity contribution in [3.8, 4) is 0 Å². The molecule has 0 spiro atoms. The van der Waals surface area contributed by atoms with Gasteiger partial charge < -0.3 is 10.4 Å². The van der Waals surface area contributed by atoms with Gasteiger partial charge in [0.2, 0.25) is 0 Å². The van der Waals surface area contributed by atoms with Gasteiger partial charge in [0.1, 0.15) is 0 Å². The van der Waals surface area contributed by atoms with Crippen molar-refractivity contribution in [1.29, 1.82) is 0 Å². The first-order valence-corrected chi connectivity index (χ1v) is 4.25. The van der Waals surface area contributed by atoms with Crippen molar-refractivity contribution >= 4 is 11.6 Å². The Hall–Kier alpha value is -0.0500. The molecule has 66 valence electrons. The van der Waals surface area contributed by atoms with Crippen LogP contribution in [-0.2, 0) is 0 Å². The van der Waals surface area contributed by atoms with Crippen LogP contribution in [-0.4, -0.2) is 24.3 Å². The zero-order chi connectivity index (χ0) is 8.69. The number of hydrogen-bond acceptors (Lipinski definition) is 2. The summed E-state index contributed by atoms with van der Waals surface area (Å²) in [5.74, 6) is 0. The molecule has 0 saturated heterocycles. The van der Waals surface area contributed by atoms with Crippen molar-refractivity contribution in [2.75, 3.05) is 13.1 Å². The molecule has 1 unspecified atom stereocenters. The first-order valence-electron chi connectivity index (χ1n) is 3.81. The number of aliphatic hydroxyl groups is 1. The molecule has 0 heterocycles. The second-order valence-electron chi connectivity index (χ2n) is 2.77. The molecule has 0 bridgehead atoms. The van der Waals surface area contributed by atoms with Crippen LogP contribution in [0.5, 0.6) is 0 Å². The van der Waals surface area contributed by atoms with E-state index in [-0.39, 0.29) is 6.10 Å². The summed E-state index contributed by atoms with van der Waals surface area (Å²) in [6.07, 6.45) is 0.568. The third kappa shape index (κ3) is 7.85. The fourth-order valence-electron chi connectivity index (χ4n) is 0.635. The van der Waals surface area contributed by atoms with Crippen LogP contribution in [0.1, 0.15) is 20.3 Å². The van der Waals surface area contributed by atoms with Gasteiger partial charge in [0.25, 0.3) is 0 Å². The SMILES string of the molecule is CC(=CCl)CNCCC(C)O. The summed E-state index contributed by atoms with van der Waals surface area (Å²) < 4.78 is 0. The zero-order valence-electron chi connectivity index (χ0n) is 7.10. The molecule has 3 heteroatoms. The average Bonchev–Trinajstić information content (AvgIpc) is 1.97. The van der Waals surface area contributed by atoms with Crippen LogP contribution in [0.4, 0.5) is 0 Å². The van der Waals surface area contributed by atoms with Gasteiger partial charge in [-0.2, -0.15) is 0 Å². The lowest BCUT2D eigenvalue weighted by molar-refractivity contribution is 0.184. The summed E-state index contributed by atoms with van der Waals surface area (Å²) >= 11 is 5.44. The lowest BCUT2D eigenvalue weighted by atomic mass is 10.3. The van der Waals surface area contributed by atoms with Gasteiger partial charge in [0, 0.05) is 12.1 Å². The summed E-state index contributed by atoms with van der Waals surface area (Å²) in [5, 5.41) is 12.0. The van der Waals surface area contributed by atoms with E-state index in [0.29, 0.717) is 0 Å². The van der Waals surface area contributed by atoms with E-state index in [9.17, 15) is 0 Å². The molecule has 2 nitrogen and oxygen atoms in total. The van der Waals surface area contributed by atoms with E-state index in [1.165, 1.54) is 0 Å². The fourth-order valence-corrected chi connectivity index (χ4v) is 0.712. The van der Waals surface area contributed by atoms with E-state index < -0.39 is 0 Å². The molecule has 0 aliphatic carbocycles. The van der Waals surface area contributed by atoms with Gasteiger partial charge in [-0.15, -0.1) is 0 Å². The second kappa shape index (κ2) is 6.65. The maximum Gasteiger partial charge on any atom is 0.0524 e. The van der Waals surface area contributed by atoms with Gasteiger partial charge in [0.15, 0.2) is 0 Å². The third-order valence-electron chi connectivity index (χ3n) is 1.33. The molecule has 2 N–H and O–H groups in total. The summed E-state index contributed by atoms with van der Waals surface area (Å²) in [6, 6.07) is 0. The summed E-state index contributed by atoms with van der Waals surface area (Å²) in [4.78, 5) is 0. The van der Waals surface area contributed by atoms with Gasteiger partial charge >= 0.3 is 0 Å². The highest BCUT2D eigenvalue weighted by Gasteiger charge is 1.94. The van der Waals surface area contributed by atoms with Crippen molar-refractivity contribution in [3.63, 3.8) is 0 Å². The predicted octanol–water partition coefficient (Wildman–Crippen LogP) is 1.49. The van der Waals surface area contributed by atoms with E-state index in [1.54, 1.807) is 12.5 Å². The van der Waals surface area contributed by atoms with Crippen LogP contribution in [0.3, 0.4) is 0 Å². The molecule has 0 fully saturated rings. The van der Waals surface area contributed by atoms with E-state index in [2.05, 4.69) is 5.32 Å². The van der Waals surface area contributed by atoms with Crippen molar-refractivity contribution in [2.24, 2.45) is 0 Å². The average molecular weight is 178 g/mol. The smallest absolute Gasteiger partial charge is 0.0524 e. The molecule has 0 aliphatic rings. The number of aliphatic hydroxyl groups excluding tert-OH is 1. The topological polar surface area (TPSA) is 32.3 Å². The van der Waals surface area contributed by atoms with Crippen molar-refractivity contribution in [2.45, 2.75) is 26.4 Å². The highest BCUT2D eigenvalue weighted by atomic mass is 35.5. The number of halogens is 1. The fraction of sp³-hybridized carbons (Fsp3) is 0.750. The van der Waals surface area contributed by atoms with E-state index in [0.717, 1.165) is 25.1 Å². The van der Waals surface area contributed by atoms with Crippen molar-refractivity contribution in [3.05, 3.63) is 11.1 Å². The van der Waals surface area contributed by atoms with Gasteiger partial charge in [-0.05, 0) is 32.4 Å². The Bertz CT molecular complexity index is 123. The second-order valence-corrected chi connectivity index (χ2v) is 2.99. The standard InChI is InChI=1S/C8H16ClNO/c1-7(5-9)6-10-4-3-8(2)11/h5,8,10-11H,3-4,6H2,1-2H3. The summed E-state index contributed by atoms with van der Waals surface area (Å²) in [6.45, 7) is 5.38. The third-order valence-corrected chi connectivity index (χ3v) is 1.70. The normalized spacial score (nSPS) is 15.1. The molecule has 0 amide bonds. The largest absolute Gasteiger partial charge is 0.393 e. The molecule has 0 rings (SSSR count). The Balaban J connectivity index is 3.15. The minimum atomic E-state index is -0.220. The van der Waals surface area contributed by atoms with Crippen LogP contribution in [0.2, 0.25) is 0 Å². The van der Waals surface area contributed by atoms with Gasteiger partial charge in [-0.25, -0.2) is 0 Å². The van der Waals surface area contributed by atoms with Crippen molar-refractivity contribution in [1.82, 2.24) is 5.32 Å². The molecule has 0 aromatic heterocycles. The highest BCUT2D eigenvalue weighted by Crippen LogP contribution is 1.92. The predicted molar refractivity (Wildman–Crippen MR) is 48.8 cm³/mol. The molecule has 11 heavy (non-hydrogen) atoms. The molecule has 0 aliphatic heterocycles. The first-order chi connectivity index (χ1) is 5.16. The van der Waals surface area contributed by atoms with E-state index in [4.69, 9.17) is 16.7 Å². The van der Waals surface area contributed by atoms with Crippen LogP contribution < -0.4 is 5.32 Å². The summed E-state index contributed by atoms with van der Waals surface area (Å²) in [7, 11) is 0. The Labute approximate surface area is 73.3 Å². The molecular weight excluding hydrogens is 162 g/mol. The van der Waals surface area contributed by atoms with Crippen LogP contribution in [0.25, 0.3) is 0 Å². The van der Waals surface area contributed by atoms with E-state index >= 15 is 0 Å². The van der Waals surface area contributed by atoms with Gasteiger partial charge in [-0.1, -0.05) is 11.6 Å². The van der Waals surface area contributed by atoms with Crippen LogP contribution in [0, 0.1) is 0 Å². The maximum absolute atomic E-state index is 8.89. The Kier molecular flexibility index (Phi) is 6.62. The highest BCUT2D eigenvalue weighted by molar-refractivity contribution is 6.25. The molecule has 0 radical (unpaired) electrons. The zero-order valence-corrected chi connectivity index (χ0v) is 7.86. The monoisotopic (exact) mass is 177 g/mol. The lowest BCUT2D eigenvalue weighted by Gasteiger charge is -2.05. The number of rotatable bonds is 5. The number of nitrogens with one attached hydrogen (secondary N) is 1. The Morgan fingerprint density at radius 1 is 1.73 bits per heavy atom. The van der Waals surface area contributed by atoms with Crippen LogP contribution in [0.15, 0.2) is 11.1 Å². The van der Waals surface area contributed by atoms with Crippen molar-refractivity contribution < 1.29 is 5.11 Å². The quantitative estimate of drug-likeness (QED) is 0.624. The molecule has 1 atom stereocenters. The summed E-state index contributed by atoms with van der Waals surface area (Å²) in [5.41, 5.74) is 2.67.